The number of carboxylic acids is 1. The molecule has 4 aromatic rings. The van der Waals surface area contributed by atoms with Gasteiger partial charge in [0.25, 0.3) is 0 Å². The average Bonchev–Trinajstić information content (AvgIpc) is 2.87. The van der Waals surface area contributed by atoms with Crippen molar-refractivity contribution >= 4 is 11.7 Å². The van der Waals surface area contributed by atoms with Gasteiger partial charge in [0.15, 0.2) is 0 Å². The lowest BCUT2D eigenvalue weighted by Crippen LogP contribution is -2.18. The summed E-state index contributed by atoms with van der Waals surface area (Å²) in [5, 5.41) is 22.6. The summed E-state index contributed by atoms with van der Waals surface area (Å²) in [7, 11) is 1.67. The molecule has 0 spiro atoms. The molecule has 0 fully saturated rings. The van der Waals surface area contributed by atoms with Crippen LogP contribution in [0.25, 0.3) is 11.1 Å². The third-order valence-electron chi connectivity index (χ3n) is 6.28. The second-order valence-corrected chi connectivity index (χ2v) is 8.53. The van der Waals surface area contributed by atoms with Crippen LogP contribution in [0.1, 0.15) is 45.0 Å². The van der Waals surface area contributed by atoms with Crippen LogP contribution >= 0.6 is 0 Å². The van der Waals surface area contributed by atoms with Crippen LogP contribution in [0.15, 0.2) is 101 Å². The van der Waals surface area contributed by atoms with Gasteiger partial charge < -0.3 is 14.9 Å². The van der Waals surface area contributed by atoms with Crippen molar-refractivity contribution < 1.29 is 15.1 Å². The normalized spacial score (nSPS) is 12.3. The molecule has 176 valence electrons. The van der Waals surface area contributed by atoms with Crippen LogP contribution in [0.4, 0.5) is 0 Å². The van der Waals surface area contributed by atoms with Gasteiger partial charge in [-0.15, -0.1) is 0 Å². The molecule has 0 aliphatic heterocycles. The predicted octanol–water partition coefficient (Wildman–Crippen LogP) is 5.46. The molecule has 2 N–H and O–H groups in total. The molecule has 35 heavy (non-hydrogen) atoms. The number of aromatic nitrogens is 1. The lowest BCUT2D eigenvalue weighted by Gasteiger charge is -2.21. The fraction of sp³-hybridized carbons (Fsp3) is 0.138. The highest BCUT2D eigenvalue weighted by atomic mass is 16.4. The zero-order valence-electron chi connectivity index (χ0n) is 19.6. The second-order valence-electron chi connectivity index (χ2n) is 8.53. The van der Waals surface area contributed by atoms with Gasteiger partial charge >= 0.3 is 5.97 Å². The van der Waals surface area contributed by atoms with Crippen molar-refractivity contribution in [2.24, 2.45) is 12.2 Å². The number of benzene rings is 3. The summed E-state index contributed by atoms with van der Waals surface area (Å²) in [4.78, 5) is 23.0. The number of nitrogens with zero attached hydrogens (tertiary/aromatic N) is 2. The van der Waals surface area contributed by atoms with E-state index in [1.165, 1.54) is 10.6 Å². The Labute approximate surface area is 203 Å². The van der Waals surface area contributed by atoms with E-state index in [4.69, 9.17) is 5.11 Å². The van der Waals surface area contributed by atoms with Crippen LogP contribution in [-0.2, 0) is 7.05 Å². The van der Waals surface area contributed by atoms with E-state index in [0.29, 0.717) is 17.7 Å². The standard InChI is InChI=1S/C29H26N2O4/c1-19-5-3-4-6-25(19)26(17-27(30-35)24-15-16-28(32)31(2)18-24)22-11-7-20(8-12-22)21-9-13-23(14-10-21)29(33)34/h3-16,18,26,35H,17H2,1-2H3,(H,33,34)/b30-27-. The van der Waals surface area contributed by atoms with E-state index in [2.05, 4.69) is 24.2 Å². The maximum Gasteiger partial charge on any atom is 0.335 e. The Morgan fingerprint density at radius 3 is 2.06 bits per heavy atom. The summed E-state index contributed by atoms with van der Waals surface area (Å²) in [6.45, 7) is 2.06. The first-order valence-electron chi connectivity index (χ1n) is 11.2. The Morgan fingerprint density at radius 2 is 1.49 bits per heavy atom. The lowest BCUT2D eigenvalue weighted by atomic mass is 9.83. The number of carbonyl (C=O) groups is 1. The summed E-state index contributed by atoms with van der Waals surface area (Å²) >= 11 is 0. The highest BCUT2D eigenvalue weighted by Crippen LogP contribution is 2.33. The Kier molecular flexibility index (Phi) is 6.92. The summed E-state index contributed by atoms with van der Waals surface area (Å²) in [6.07, 6.45) is 2.11. The Balaban J connectivity index is 1.70. The molecule has 6 heteroatoms. The number of hydrogen-bond donors (Lipinski definition) is 2. The Morgan fingerprint density at radius 1 is 0.886 bits per heavy atom. The Bertz CT molecular complexity index is 1440. The van der Waals surface area contributed by atoms with E-state index < -0.39 is 5.97 Å². The molecule has 3 aromatic carbocycles. The van der Waals surface area contributed by atoms with E-state index >= 15 is 0 Å². The van der Waals surface area contributed by atoms with Gasteiger partial charge in [-0.3, -0.25) is 4.79 Å². The second kappa shape index (κ2) is 10.2. The van der Waals surface area contributed by atoms with E-state index in [9.17, 15) is 14.8 Å². The van der Waals surface area contributed by atoms with Crippen LogP contribution < -0.4 is 5.56 Å². The fourth-order valence-corrected chi connectivity index (χ4v) is 4.27. The van der Waals surface area contributed by atoms with Gasteiger partial charge in [-0.25, -0.2) is 4.79 Å². The zero-order valence-corrected chi connectivity index (χ0v) is 19.6. The maximum atomic E-state index is 11.8. The van der Waals surface area contributed by atoms with E-state index in [1.807, 2.05) is 36.4 Å². The molecule has 0 radical (unpaired) electrons. The number of carboxylic acid groups (broad SMARTS) is 1. The van der Waals surface area contributed by atoms with E-state index in [0.717, 1.165) is 27.8 Å². The summed E-state index contributed by atoms with van der Waals surface area (Å²) in [5.74, 6) is -1.03. The third kappa shape index (κ3) is 5.22. The average molecular weight is 467 g/mol. The highest BCUT2D eigenvalue weighted by molar-refractivity contribution is 6.00. The smallest absolute Gasteiger partial charge is 0.335 e. The molecule has 0 saturated heterocycles. The molecule has 1 atom stereocenters. The van der Waals surface area contributed by atoms with Crippen molar-refractivity contribution in [3.05, 3.63) is 129 Å². The molecule has 1 aromatic heterocycles. The van der Waals surface area contributed by atoms with Gasteiger partial charge in [0.1, 0.15) is 0 Å². The van der Waals surface area contributed by atoms with Crippen molar-refractivity contribution in [2.75, 3.05) is 0 Å². The van der Waals surface area contributed by atoms with Gasteiger partial charge in [-0.05, 0) is 52.9 Å². The molecular weight excluding hydrogens is 440 g/mol. The first kappa shape index (κ1) is 23.7. The number of aromatic carboxylic acids is 1. The summed E-state index contributed by atoms with van der Waals surface area (Å²) < 4.78 is 1.47. The van der Waals surface area contributed by atoms with Crippen LogP contribution in [0.2, 0.25) is 0 Å². The molecule has 0 bridgehead atoms. The first-order valence-corrected chi connectivity index (χ1v) is 11.2. The monoisotopic (exact) mass is 466 g/mol. The molecule has 1 heterocycles. The van der Waals surface area contributed by atoms with Crippen LogP contribution in [-0.4, -0.2) is 26.6 Å². The van der Waals surface area contributed by atoms with Crippen molar-refractivity contribution in [2.45, 2.75) is 19.3 Å². The van der Waals surface area contributed by atoms with Crippen molar-refractivity contribution in [1.82, 2.24) is 4.57 Å². The molecule has 0 amide bonds. The largest absolute Gasteiger partial charge is 0.478 e. The van der Waals surface area contributed by atoms with Crippen LogP contribution in [0.3, 0.4) is 0 Å². The number of aryl methyl sites for hydroxylation is 2. The molecule has 0 aliphatic rings. The number of pyridine rings is 1. The highest BCUT2D eigenvalue weighted by Gasteiger charge is 2.21. The third-order valence-corrected chi connectivity index (χ3v) is 6.28. The topological polar surface area (TPSA) is 91.9 Å². The van der Waals surface area contributed by atoms with Gasteiger partial charge in [0.05, 0.1) is 11.3 Å². The molecule has 1 unspecified atom stereocenters. The number of oxime groups is 1. The van der Waals surface area contributed by atoms with Gasteiger partial charge in [-0.2, -0.15) is 0 Å². The lowest BCUT2D eigenvalue weighted by molar-refractivity contribution is 0.0697. The van der Waals surface area contributed by atoms with Crippen LogP contribution in [0.5, 0.6) is 0 Å². The van der Waals surface area contributed by atoms with Crippen molar-refractivity contribution in [3.8, 4) is 11.1 Å². The summed E-state index contributed by atoms with van der Waals surface area (Å²) in [5.41, 5.74) is 6.50. The zero-order chi connectivity index (χ0) is 24.9. The number of hydrogen-bond acceptors (Lipinski definition) is 4. The van der Waals surface area contributed by atoms with E-state index in [1.54, 1.807) is 43.6 Å². The molecule has 6 nitrogen and oxygen atoms in total. The molecule has 4 rings (SSSR count). The van der Waals surface area contributed by atoms with Crippen molar-refractivity contribution in [1.29, 1.82) is 0 Å². The first-order chi connectivity index (χ1) is 16.9. The minimum atomic E-state index is -0.951. The van der Waals surface area contributed by atoms with Gasteiger partial charge in [-0.1, -0.05) is 65.8 Å². The molecular formula is C29H26N2O4. The van der Waals surface area contributed by atoms with E-state index in [-0.39, 0.29) is 17.0 Å². The van der Waals surface area contributed by atoms with Gasteiger partial charge in [0.2, 0.25) is 5.56 Å². The predicted molar refractivity (Wildman–Crippen MR) is 136 cm³/mol. The maximum absolute atomic E-state index is 11.8. The van der Waals surface area contributed by atoms with Gasteiger partial charge in [0, 0.05) is 37.2 Å². The fourth-order valence-electron chi connectivity index (χ4n) is 4.27. The van der Waals surface area contributed by atoms with Crippen molar-refractivity contribution in [3.63, 3.8) is 0 Å². The van der Waals surface area contributed by atoms with Crippen LogP contribution in [0, 0.1) is 6.92 Å². The minimum absolute atomic E-state index is 0.0808. The molecule has 0 aliphatic carbocycles. The molecule has 0 saturated carbocycles. The minimum Gasteiger partial charge on any atom is -0.478 e. The quantitative estimate of drug-likeness (QED) is 0.215. The summed E-state index contributed by atoms with van der Waals surface area (Å²) in [6, 6.07) is 26.2. The number of rotatable bonds is 7. The SMILES string of the molecule is Cc1ccccc1C(C/C(=N/O)c1ccc(=O)n(C)c1)c1ccc(-c2ccc(C(=O)O)cc2)cc1. The Hall–Kier alpha value is -4.45.